The number of nitrogens with two attached hydrogens (primary N) is 1. The van der Waals surface area contributed by atoms with Crippen molar-refractivity contribution >= 4 is 28.9 Å². The standard InChI is InChI=1S/C13H9ClF2N2O/c14-10-6-11(16)12(17)5-9(10)13(19)18-8-3-1-7(15)2-4-8/h1-6H,17H2,(H,18,19). The van der Waals surface area contributed by atoms with Gasteiger partial charge in [0.1, 0.15) is 11.6 Å². The molecule has 0 atom stereocenters. The Balaban J connectivity index is 2.25. The predicted octanol–water partition coefficient (Wildman–Crippen LogP) is 3.45. The highest BCUT2D eigenvalue weighted by molar-refractivity contribution is 6.34. The lowest BCUT2D eigenvalue weighted by Gasteiger charge is -2.08. The SMILES string of the molecule is Nc1cc(C(=O)Nc2ccc(F)cc2)c(Cl)cc1F. The maximum absolute atomic E-state index is 13.1. The first-order chi connectivity index (χ1) is 8.97. The summed E-state index contributed by atoms with van der Waals surface area (Å²) in [4.78, 5) is 11.9. The van der Waals surface area contributed by atoms with E-state index in [2.05, 4.69) is 5.32 Å². The second kappa shape index (κ2) is 5.24. The molecule has 3 N–H and O–H groups in total. The highest BCUT2D eigenvalue weighted by Gasteiger charge is 2.13. The average Bonchev–Trinajstić information content (AvgIpc) is 2.36. The summed E-state index contributed by atoms with van der Waals surface area (Å²) in [5.74, 6) is -1.66. The van der Waals surface area contributed by atoms with E-state index in [1.807, 2.05) is 0 Å². The maximum atomic E-state index is 13.1. The van der Waals surface area contributed by atoms with Gasteiger partial charge in [-0.2, -0.15) is 0 Å². The van der Waals surface area contributed by atoms with Gasteiger partial charge in [0.05, 0.1) is 16.3 Å². The monoisotopic (exact) mass is 282 g/mol. The summed E-state index contributed by atoms with van der Waals surface area (Å²) >= 11 is 5.77. The van der Waals surface area contributed by atoms with Crippen LogP contribution >= 0.6 is 11.6 Å². The van der Waals surface area contributed by atoms with E-state index in [-0.39, 0.29) is 16.3 Å². The van der Waals surface area contributed by atoms with Gasteiger partial charge in [0.2, 0.25) is 0 Å². The molecule has 2 aromatic rings. The van der Waals surface area contributed by atoms with Gasteiger partial charge in [-0.15, -0.1) is 0 Å². The molecular weight excluding hydrogens is 274 g/mol. The molecule has 0 saturated heterocycles. The third-order valence-electron chi connectivity index (χ3n) is 2.43. The lowest BCUT2D eigenvalue weighted by molar-refractivity contribution is 0.102. The average molecular weight is 283 g/mol. The van der Waals surface area contributed by atoms with E-state index in [1.165, 1.54) is 24.3 Å². The number of hydrogen-bond acceptors (Lipinski definition) is 2. The van der Waals surface area contributed by atoms with E-state index in [4.69, 9.17) is 17.3 Å². The minimum atomic E-state index is -0.691. The Bertz CT molecular complexity index is 629. The fourth-order valence-corrected chi connectivity index (χ4v) is 1.71. The molecule has 1 amide bonds. The van der Waals surface area contributed by atoms with Crippen LogP contribution < -0.4 is 11.1 Å². The Labute approximate surface area is 113 Å². The molecule has 0 heterocycles. The highest BCUT2D eigenvalue weighted by Crippen LogP contribution is 2.23. The first-order valence-electron chi connectivity index (χ1n) is 5.29. The number of anilines is 2. The molecule has 3 nitrogen and oxygen atoms in total. The van der Waals surface area contributed by atoms with E-state index in [0.29, 0.717) is 5.69 Å². The topological polar surface area (TPSA) is 55.1 Å². The van der Waals surface area contributed by atoms with Crippen LogP contribution in [0.1, 0.15) is 10.4 Å². The summed E-state index contributed by atoms with van der Waals surface area (Å²) in [6.07, 6.45) is 0. The molecule has 0 aromatic heterocycles. The van der Waals surface area contributed by atoms with Gasteiger partial charge in [-0.05, 0) is 36.4 Å². The molecule has 0 radical (unpaired) electrons. The first-order valence-corrected chi connectivity index (χ1v) is 5.66. The number of carbonyl (C=O) groups is 1. The minimum Gasteiger partial charge on any atom is -0.396 e. The van der Waals surface area contributed by atoms with Crippen molar-refractivity contribution < 1.29 is 13.6 Å². The van der Waals surface area contributed by atoms with Crippen LogP contribution in [0.2, 0.25) is 5.02 Å². The van der Waals surface area contributed by atoms with Crippen molar-refractivity contribution in [3.05, 3.63) is 58.6 Å². The molecule has 0 spiro atoms. The number of benzene rings is 2. The largest absolute Gasteiger partial charge is 0.396 e. The van der Waals surface area contributed by atoms with Crippen LogP contribution in [-0.4, -0.2) is 5.91 Å². The molecule has 0 aliphatic rings. The Morgan fingerprint density at radius 1 is 1.16 bits per heavy atom. The summed E-state index contributed by atoms with van der Waals surface area (Å²) in [6, 6.07) is 7.32. The van der Waals surface area contributed by atoms with Crippen LogP contribution in [0, 0.1) is 11.6 Å². The molecule has 0 aliphatic carbocycles. The Kier molecular flexibility index (Phi) is 3.66. The van der Waals surface area contributed by atoms with E-state index in [9.17, 15) is 13.6 Å². The second-order valence-corrected chi connectivity index (χ2v) is 4.22. The molecule has 6 heteroatoms. The van der Waals surface area contributed by atoms with Crippen molar-refractivity contribution in [1.82, 2.24) is 0 Å². The molecule has 2 aromatic carbocycles. The number of nitrogens with one attached hydrogen (secondary N) is 1. The van der Waals surface area contributed by atoms with Crippen molar-refractivity contribution in [2.24, 2.45) is 0 Å². The fourth-order valence-electron chi connectivity index (χ4n) is 1.47. The Morgan fingerprint density at radius 2 is 1.79 bits per heavy atom. The summed E-state index contributed by atoms with van der Waals surface area (Å²) in [5.41, 5.74) is 5.64. The molecule has 0 fully saturated rings. The lowest BCUT2D eigenvalue weighted by atomic mass is 10.1. The number of halogens is 3. The third-order valence-corrected chi connectivity index (χ3v) is 2.75. The summed E-state index contributed by atoms with van der Waals surface area (Å²) in [6.45, 7) is 0. The van der Waals surface area contributed by atoms with Crippen molar-refractivity contribution in [2.45, 2.75) is 0 Å². The summed E-state index contributed by atoms with van der Waals surface area (Å²) in [7, 11) is 0. The van der Waals surface area contributed by atoms with Crippen molar-refractivity contribution in [2.75, 3.05) is 11.1 Å². The van der Waals surface area contributed by atoms with Gasteiger partial charge in [0.15, 0.2) is 0 Å². The quantitative estimate of drug-likeness (QED) is 0.829. The number of rotatable bonds is 2. The first kappa shape index (κ1) is 13.3. The van der Waals surface area contributed by atoms with Gasteiger partial charge in [-0.3, -0.25) is 4.79 Å². The Morgan fingerprint density at radius 3 is 2.42 bits per heavy atom. The zero-order valence-electron chi connectivity index (χ0n) is 9.58. The summed E-state index contributed by atoms with van der Waals surface area (Å²) < 4.78 is 25.8. The number of carbonyl (C=O) groups excluding carboxylic acids is 1. The van der Waals surface area contributed by atoms with E-state index < -0.39 is 17.5 Å². The number of hydrogen-bond donors (Lipinski definition) is 2. The molecule has 0 aliphatic heterocycles. The van der Waals surface area contributed by atoms with Crippen LogP contribution in [0.5, 0.6) is 0 Å². The zero-order valence-corrected chi connectivity index (χ0v) is 10.3. The predicted molar refractivity (Wildman–Crippen MR) is 70.2 cm³/mol. The highest BCUT2D eigenvalue weighted by atomic mass is 35.5. The third kappa shape index (κ3) is 3.00. The fraction of sp³-hybridized carbons (Fsp3) is 0. The number of nitrogen functional groups attached to an aromatic ring is 1. The van der Waals surface area contributed by atoms with Crippen molar-refractivity contribution in [3.8, 4) is 0 Å². The maximum Gasteiger partial charge on any atom is 0.257 e. The van der Waals surface area contributed by atoms with Crippen LogP contribution in [0.25, 0.3) is 0 Å². The van der Waals surface area contributed by atoms with Crippen LogP contribution in [0.3, 0.4) is 0 Å². The van der Waals surface area contributed by atoms with Crippen LogP contribution in [-0.2, 0) is 0 Å². The molecule has 2 rings (SSSR count). The second-order valence-electron chi connectivity index (χ2n) is 3.81. The van der Waals surface area contributed by atoms with Gasteiger partial charge in [-0.25, -0.2) is 8.78 Å². The Hall–Kier alpha value is -2.14. The molecule has 0 bridgehead atoms. The van der Waals surface area contributed by atoms with E-state index in [1.54, 1.807) is 0 Å². The van der Waals surface area contributed by atoms with Gasteiger partial charge >= 0.3 is 0 Å². The van der Waals surface area contributed by atoms with Crippen LogP contribution in [0.4, 0.5) is 20.2 Å². The summed E-state index contributed by atoms with van der Waals surface area (Å²) in [5, 5.41) is 2.46. The van der Waals surface area contributed by atoms with E-state index in [0.717, 1.165) is 12.1 Å². The molecule has 0 unspecified atom stereocenters. The van der Waals surface area contributed by atoms with Crippen molar-refractivity contribution in [3.63, 3.8) is 0 Å². The smallest absolute Gasteiger partial charge is 0.257 e. The molecule has 0 saturated carbocycles. The lowest BCUT2D eigenvalue weighted by Crippen LogP contribution is -2.13. The van der Waals surface area contributed by atoms with Gasteiger partial charge in [0, 0.05) is 5.69 Å². The minimum absolute atomic E-state index is 0.0462. The molecule has 98 valence electrons. The van der Waals surface area contributed by atoms with Gasteiger partial charge in [0.25, 0.3) is 5.91 Å². The van der Waals surface area contributed by atoms with Gasteiger partial charge in [-0.1, -0.05) is 11.6 Å². The van der Waals surface area contributed by atoms with Crippen molar-refractivity contribution in [1.29, 1.82) is 0 Å². The van der Waals surface area contributed by atoms with Gasteiger partial charge < -0.3 is 11.1 Å². The van der Waals surface area contributed by atoms with Crippen LogP contribution in [0.15, 0.2) is 36.4 Å². The molecule has 19 heavy (non-hydrogen) atoms. The molecular formula is C13H9ClF2N2O. The number of amides is 1. The normalized spacial score (nSPS) is 10.3. The van der Waals surface area contributed by atoms with E-state index >= 15 is 0 Å². The zero-order chi connectivity index (χ0) is 14.0.